The predicted octanol–water partition coefficient (Wildman–Crippen LogP) is 1.68. The van der Waals surface area contributed by atoms with Crippen molar-refractivity contribution in [3.63, 3.8) is 0 Å². The van der Waals surface area contributed by atoms with Crippen LogP contribution in [0, 0.1) is 17.1 Å². The molecule has 3 nitrogen and oxygen atoms in total. The lowest BCUT2D eigenvalue weighted by Crippen LogP contribution is -1.89. The van der Waals surface area contributed by atoms with Gasteiger partial charge in [0.1, 0.15) is 12.9 Å². The number of oxime groups is 1. The first kappa shape index (κ1) is 9.20. The second kappa shape index (κ2) is 4.21. The Balaban J connectivity index is 3.08. The van der Waals surface area contributed by atoms with Gasteiger partial charge in [-0.1, -0.05) is 5.16 Å². The van der Waals surface area contributed by atoms with Crippen molar-refractivity contribution in [1.29, 1.82) is 5.26 Å². The monoisotopic (exact) mass is 178 g/mol. The van der Waals surface area contributed by atoms with E-state index in [1.54, 1.807) is 0 Å². The molecule has 0 amide bonds. The molecule has 0 unspecified atom stereocenters. The van der Waals surface area contributed by atoms with E-state index >= 15 is 0 Å². The summed E-state index contributed by atoms with van der Waals surface area (Å²) in [7, 11) is 1.39. The zero-order valence-electron chi connectivity index (χ0n) is 6.99. The minimum atomic E-state index is -0.439. The first-order valence-electron chi connectivity index (χ1n) is 3.54. The van der Waals surface area contributed by atoms with Gasteiger partial charge in [0.05, 0.1) is 17.8 Å². The molecule has 0 saturated carbocycles. The maximum Gasteiger partial charge on any atom is 0.124 e. The summed E-state index contributed by atoms with van der Waals surface area (Å²) in [6.07, 6.45) is 1.36. The molecule has 0 saturated heterocycles. The summed E-state index contributed by atoms with van der Waals surface area (Å²) in [5.74, 6) is -0.439. The van der Waals surface area contributed by atoms with Gasteiger partial charge < -0.3 is 4.84 Å². The van der Waals surface area contributed by atoms with Crippen molar-refractivity contribution in [2.45, 2.75) is 0 Å². The highest BCUT2D eigenvalue weighted by Crippen LogP contribution is 2.07. The van der Waals surface area contributed by atoms with Gasteiger partial charge in [-0.25, -0.2) is 4.39 Å². The van der Waals surface area contributed by atoms with Crippen LogP contribution in [0.3, 0.4) is 0 Å². The Hall–Kier alpha value is -1.89. The van der Waals surface area contributed by atoms with Crippen molar-refractivity contribution >= 4 is 6.21 Å². The van der Waals surface area contributed by atoms with Crippen molar-refractivity contribution < 1.29 is 9.23 Å². The van der Waals surface area contributed by atoms with Crippen molar-refractivity contribution in [2.24, 2.45) is 5.16 Å². The van der Waals surface area contributed by atoms with E-state index in [0.29, 0.717) is 5.56 Å². The van der Waals surface area contributed by atoms with Crippen LogP contribution in [0.25, 0.3) is 0 Å². The molecule has 66 valence electrons. The molecule has 0 fully saturated rings. The average molecular weight is 178 g/mol. The van der Waals surface area contributed by atoms with Crippen molar-refractivity contribution in [1.82, 2.24) is 0 Å². The largest absolute Gasteiger partial charge is 0.399 e. The van der Waals surface area contributed by atoms with Gasteiger partial charge >= 0.3 is 0 Å². The van der Waals surface area contributed by atoms with Crippen LogP contribution >= 0.6 is 0 Å². The molecule has 0 atom stereocenters. The molecule has 0 heterocycles. The maximum absolute atomic E-state index is 12.6. The third-order valence-electron chi connectivity index (χ3n) is 1.43. The lowest BCUT2D eigenvalue weighted by Gasteiger charge is -1.95. The Morgan fingerprint density at radius 1 is 1.62 bits per heavy atom. The van der Waals surface area contributed by atoms with Crippen molar-refractivity contribution in [3.05, 3.63) is 35.1 Å². The lowest BCUT2D eigenvalue weighted by atomic mass is 10.1. The molecule has 0 aliphatic carbocycles. The molecule has 0 bridgehead atoms. The fourth-order valence-corrected chi connectivity index (χ4v) is 0.847. The van der Waals surface area contributed by atoms with E-state index in [2.05, 4.69) is 9.99 Å². The molecular formula is C9H7FN2O. The molecule has 0 aliphatic rings. The maximum atomic E-state index is 12.6. The summed E-state index contributed by atoms with van der Waals surface area (Å²) in [5, 5.41) is 12.1. The van der Waals surface area contributed by atoms with Gasteiger partial charge in [0.25, 0.3) is 0 Å². The fraction of sp³-hybridized carbons (Fsp3) is 0.111. The number of nitriles is 1. The van der Waals surface area contributed by atoms with E-state index in [9.17, 15) is 4.39 Å². The van der Waals surface area contributed by atoms with Gasteiger partial charge in [0, 0.05) is 5.56 Å². The molecular weight excluding hydrogens is 171 g/mol. The SMILES string of the molecule is CON=Cc1ccc(F)cc1C#N. The standard InChI is InChI=1S/C9H7FN2O/c1-13-12-6-7-2-3-9(10)4-8(7)5-11/h2-4,6H,1H3. The number of nitrogens with zero attached hydrogens (tertiary/aromatic N) is 2. The summed E-state index contributed by atoms with van der Waals surface area (Å²) in [6.45, 7) is 0. The third-order valence-corrected chi connectivity index (χ3v) is 1.43. The second-order valence-corrected chi connectivity index (χ2v) is 2.26. The average Bonchev–Trinajstić information content (AvgIpc) is 2.16. The van der Waals surface area contributed by atoms with E-state index in [1.807, 2.05) is 6.07 Å². The Kier molecular flexibility index (Phi) is 2.98. The molecule has 1 aromatic rings. The molecule has 0 N–H and O–H groups in total. The van der Waals surface area contributed by atoms with Crippen LogP contribution in [0.4, 0.5) is 4.39 Å². The zero-order chi connectivity index (χ0) is 9.68. The first-order chi connectivity index (χ1) is 6.27. The normalized spacial score (nSPS) is 9.92. The van der Waals surface area contributed by atoms with Crippen molar-refractivity contribution in [3.8, 4) is 6.07 Å². The summed E-state index contributed by atoms with van der Waals surface area (Å²) >= 11 is 0. The highest BCUT2D eigenvalue weighted by molar-refractivity contribution is 5.82. The van der Waals surface area contributed by atoms with Gasteiger partial charge in [-0.05, 0) is 18.2 Å². The number of benzene rings is 1. The van der Waals surface area contributed by atoms with Crippen LogP contribution in [-0.4, -0.2) is 13.3 Å². The second-order valence-electron chi connectivity index (χ2n) is 2.26. The molecule has 1 rings (SSSR count). The van der Waals surface area contributed by atoms with E-state index in [4.69, 9.17) is 5.26 Å². The minimum Gasteiger partial charge on any atom is -0.399 e. The molecule has 0 spiro atoms. The van der Waals surface area contributed by atoms with E-state index in [0.717, 1.165) is 6.07 Å². The van der Waals surface area contributed by atoms with E-state index in [-0.39, 0.29) is 5.56 Å². The van der Waals surface area contributed by atoms with Crippen LogP contribution in [0.2, 0.25) is 0 Å². The molecule has 0 radical (unpaired) electrons. The van der Waals surface area contributed by atoms with Gasteiger partial charge in [-0.15, -0.1) is 0 Å². The minimum absolute atomic E-state index is 0.237. The number of rotatable bonds is 2. The Morgan fingerprint density at radius 3 is 3.00 bits per heavy atom. The van der Waals surface area contributed by atoms with E-state index in [1.165, 1.54) is 25.5 Å². The summed E-state index contributed by atoms with van der Waals surface area (Å²) in [5.41, 5.74) is 0.770. The van der Waals surface area contributed by atoms with Gasteiger partial charge in [-0.3, -0.25) is 0 Å². The Labute approximate surface area is 75.0 Å². The van der Waals surface area contributed by atoms with Crippen molar-refractivity contribution in [2.75, 3.05) is 7.11 Å². The Bertz CT molecular complexity index is 368. The highest BCUT2D eigenvalue weighted by Gasteiger charge is 2.00. The topological polar surface area (TPSA) is 45.4 Å². The quantitative estimate of drug-likeness (QED) is 0.510. The first-order valence-corrected chi connectivity index (χ1v) is 3.54. The number of hydrogen-bond donors (Lipinski definition) is 0. The smallest absolute Gasteiger partial charge is 0.124 e. The van der Waals surface area contributed by atoms with Crippen LogP contribution in [0.5, 0.6) is 0 Å². The molecule has 0 aliphatic heterocycles. The summed E-state index contributed by atoms with van der Waals surface area (Å²) < 4.78 is 12.6. The lowest BCUT2D eigenvalue weighted by molar-refractivity contribution is 0.215. The molecule has 13 heavy (non-hydrogen) atoms. The molecule has 0 aromatic heterocycles. The zero-order valence-corrected chi connectivity index (χ0v) is 6.99. The van der Waals surface area contributed by atoms with E-state index < -0.39 is 5.82 Å². The van der Waals surface area contributed by atoms with Crippen LogP contribution in [0.15, 0.2) is 23.4 Å². The predicted molar refractivity (Wildman–Crippen MR) is 45.7 cm³/mol. The summed E-state index contributed by atoms with van der Waals surface area (Å²) in [4.78, 5) is 4.44. The van der Waals surface area contributed by atoms with Gasteiger partial charge in [0.2, 0.25) is 0 Å². The van der Waals surface area contributed by atoms with Gasteiger partial charge in [0.15, 0.2) is 0 Å². The number of hydrogen-bond acceptors (Lipinski definition) is 3. The molecule has 4 heteroatoms. The van der Waals surface area contributed by atoms with Crippen LogP contribution < -0.4 is 0 Å². The highest BCUT2D eigenvalue weighted by atomic mass is 19.1. The van der Waals surface area contributed by atoms with Crippen LogP contribution in [-0.2, 0) is 4.84 Å². The molecule has 1 aromatic carbocycles. The Morgan fingerprint density at radius 2 is 2.38 bits per heavy atom. The van der Waals surface area contributed by atoms with Crippen LogP contribution in [0.1, 0.15) is 11.1 Å². The fourth-order valence-electron chi connectivity index (χ4n) is 0.847. The summed E-state index contributed by atoms with van der Waals surface area (Å²) in [6, 6.07) is 5.74. The number of halogens is 1. The van der Waals surface area contributed by atoms with Gasteiger partial charge in [-0.2, -0.15) is 5.26 Å². The third kappa shape index (κ3) is 2.27.